The zero-order chi connectivity index (χ0) is 20.2. The summed E-state index contributed by atoms with van der Waals surface area (Å²) in [4.78, 5) is 0. The van der Waals surface area contributed by atoms with Gasteiger partial charge in [-0.25, -0.2) is 0 Å². The monoisotopic (exact) mass is 398 g/mol. The molecule has 2 heterocycles. The Bertz CT molecular complexity index is 452. The maximum absolute atomic E-state index is 10.2. The van der Waals surface area contributed by atoms with Crippen LogP contribution in [-0.4, -0.2) is 117 Å². The smallest absolute Gasteiger partial charge is 0.224 e. The van der Waals surface area contributed by atoms with Gasteiger partial charge in [0.2, 0.25) is 5.79 Å². The summed E-state index contributed by atoms with van der Waals surface area (Å²) >= 11 is 0. The highest BCUT2D eigenvalue weighted by Crippen LogP contribution is 2.35. The van der Waals surface area contributed by atoms with E-state index in [0.29, 0.717) is 6.61 Å². The van der Waals surface area contributed by atoms with Gasteiger partial charge in [0, 0.05) is 6.61 Å². The first-order valence-electron chi connectivity index (χ1n) is 9.02. The molecule has 0 bridgehead atoms. The van der Waals surface area contributed by atoms with Crippen molar-refractivity contribution < 1.29 is 54.7 Å². The van der Waals surface area contributed by atoms with Crippen LogP contribution in [0.2, 0.25) is 0 Å². The fraction of sp³-hybridized carbons (Fsp3) is 1.00. The Labute approximate surface area is 156 Å². The molecule has 11 nitrogen and oxygen atoms in total. The van der Waals surface area contributed by atoms with E-state index in [-0.39, 0.29) is 6.61 Å². The van der Waals surface area contributed by atoms with Crippen molar-refractivity contribution in [3.63, 3.8) is 0 Å². The van der Waals surface area contributed by atoms with Gasteiger partial charge in [-0.2, -0.15) is 0 Å². The maximum atomic E-state index is 10.2. The van der Waals surface area contributed by atoms with Crippen molar-refractivity contribution in [3.05, 3.63) is 0 Å². The van der Waals surface area contributed by atoms with Crippen LogP contribution >= 0.6 is 0 Å². The molecular weight excluding hydrogens is 368 g/mol. The lowest BCUT2D eigenvalue weighted by Gasteiger charge is -2.43. The molecule has 160 valence electrons. The molecule has 0 spiro atoms. The van der Waals surface area contributed by atoms with Crippen LogP contribution in [0.5, 0.6) is 0 Å². The van der Waals surface area contributed by atoms with E-state index in [2.05, 4.69) is 0 Å². The van der Waals surface area contributed by atoms with Gasteiger partial charge in [0.1, 0.15) is 49.3 Å². The molecule has 0 aromatic rings. The van der Waals surface area contributed by atoms with Crippen LogP contribution in [-0.2, 0) is 18.9 Å². The first kappa shape index (κ1) is 22.8. The van der Waals surface area contributed by atoms with Crippen molar-refractivity contribution in [1.29, 1.82) is 0 Å². The van der Waals surface area contributed by atoms with Crippen LogP contribution in [0.1, 0.15) is 19.8 Å². The highest BCUT2D eigenvalue weighted by atomic mass is 16.8. The molecule has 2 rings (SSSR count). The standard InChI is InChI=1S/C16H30O11/c1-2-3-4-24-6-9-10(19)12(21)13(22)15(25-9)27-16(7-18)14(23)11(20)8(5-17)26-16/h8-15,17-23H,2-7H2,1H3/t8-,9-,10-,11-,12+,13-,14+,15-,16+/m1/s1. The van der Waals surface area contributed by atoms with Gasteiger partial charge < -0.3 is 54.7 Å². The number of aliphatic hydroxyl groups is 7. The normalized spacial score (nSPS) is 45.3. The predicted octanol–water partition coefficient (Wildman–Crippen LogP) is -3.57. The maximum Gasteiger partial charge on any atom is 0.224 e. The zero-order valence-electron chi connectivity index (χ0n) is 15.1. The van der Waals surface area contributed by atoms with Crippen molar-refractivity contribution in [1.82, 2.24) is 0 Å². The number of rotatable bonds is 9. The molecule has 0 radical (unpaired) electrons. The lowest BCUT2D eigenvalue weighted by molar-refractivity contribution is -0.384. The van der Waals surface area contributed by atoms with Crippen molar-refractivity contribution in [3.8, 4) is 0 Å². The molecule has 0 aliphatic carbocycles. The minimum absolute atomic E-state index is 0.0811. The summed E-state index contributed by atoms with van der Waals surface area (Å²) in [5.41, 5.74) is 0. The molecule has 2 saturated heterocycles. The summed E-state index contributed by atoms with van der Waals surface area (Å²) in [6, 6.07) is 0. The summed E-state index contributed by atoms with van der Waals surface area (Å²) in [5.74, 6) is -2.19. The van der Waals surface area contributed by atoms with Gasteiger partial charge in [-0.1, -0.05) is 13.3 Å². The Morgan fingerprint density at radius 3 is 2.19 bits per heavy atom. The Balaban J connectivity index is 2.08. The largest absolute Gasteiger partial charge is 0.394 e. The molecule has 11 heteroatoms. The van der Waals surface area contributed by atoms with Crippen molar-refractivity contribution in [2.45, 2.75) is 74.6 Å². The number of ether oxygens (including phenoxy) is 4. The molecule has 0 aromatic heterocycles. The lowest BCUT2D eigenvalue weighted by atomic mass is 9.99. The summed E-state index contributed by atoms with van der Waals surface area (Å²) in [5, 5.41) is 69.2. The Morgan fingerprint density at radius 1 is 0.926 bits per heavy atom. The molecule has 2 aliphatic rings. The fourth-order valence-corrected chi connectivity index (χ4v) is 3.06. The van der Waals surface area contributed by atoms with E-state index in [1.54, 1.807) is 0 Å². The Kier molecular flexibility index (Phi) is 8.34. The van der Waals surface area contributed by atoms with Crippen LogP contribution < -0.4 is 0 Å². The second-order valence-corrected chi connectivity index (χ2v) is 6.81. The Morgan fingerprint density at radius 2 is 1.63 bits per heavy atom. The van der Waals surface area contributed by atoms with Gasteiger partial charge >= 0.3 is 0 Å². The quantitative estimate of drug-likeness (QED) is 0.191. The zero-order valence-corrected chi connectivity index (χ0v) is 15.1. The third-order valence-electron chi connectivity index (χ3n) is 4.81. The number of hydrogen-bond donors (Lipinski definition) is 7. The highest BCUT2D eigenvalue weighted by molar-refractivity contribution is 4.98. The molecule has 2 aliphatic heterocycles. The van der Waals surface area contributed by atoms with Crippen molar-refractivity contribution in [2.24, 2.45) is 0 Å². The van der Waals surface area contributed by atoms with E-state index in [0.717, 1.165) is 12.8 Å². The first-order valence-corrected chi connectivity index (χ1v) is 9.02. The minimum atomic E-state index is -2.19. The van der Waals surface area contributed by atoms with Crippen LogP contribution in [0, 0.1) is 0 Å². The molecule has 7 N–H and O–H groups in total. The van der Waals surface area contributed by atoms with E-state index in [1.165, 1.54) is 0 Å². The van der Waals surface area contributed by atoms with E-state index < -0.39 is 68.0 Å². The minimum Gasteiger partial charge on any atom is -0.394 e. The molecule has 27 heavy (non-hydrogen) atoms. The molecule has 9 atom stereocenters. The molecular formula is C16H30O11. The number of unbranched alkanes of at least 4 members (excludes halogenated alkanes) is 1. The predicted molar refractivity (Wildman–Crippen MR) is 87.3 cm³/mol. The van der Waals surface area contributed by atoms with Gasteiger partial charge in [-0.05, 0) is 6.42 Å². The number of aliphatic hydroxyl groups excluding tert-OH is 7. The topological polar surface area (TPSA) is 179 Å². The Hall–Kier alpha value is -0.440. The molecule has 0 aromatic carbocycles. The fourth-order valence-electron chi connectivity index (χ4n) is 3.06. The second kappa shape index (κ2) is 9.85. The van der Waals surface area contributed by atoms with Crippen LogP contribution in [0.4, 0.5) is 0 Å². The van der Waals surface area contributed by atoms with Gasteiger partial charge in [0.25, 0.3) is 0 Å². The highest BCUT2D eigenvalue weighted by Gasteiger charge is 2.58. The summed E-state index contributed by atoms with van der Waals surface area (Å²) in [6.07, 6.45) is -10.3. The van der Waals surface area contributed by atoms with E-state index >= 15 is 0 Å². The van der Waals surface area contributed by atoms with Crippen LogP contribution in [0.3, 0.4) is 0 Å². The molecule has 0 amide bonds. The summed E-state index contributed by atoms with van der Waals surface area (Å²) in [6.45, 7) is 0.744. The number of hydrogen-bond acceptors (Lipinski definition) is 11. The van der Waals surface area contributed by atoms with Crippen LogP contribution in [0.15, 0.2) is 0 Å². The molecule has 2 fully saturated rings. The average molecular weight is 398 g/mol. The first-order chi connectivity index (χ1) is 12.8. The van der Waals surface area contributed by atoms with Gasteiger partial charge in [0.05, 0.1) is 13.2 Å². The summed E-state index contributed by atoms with van der Waals surface area (Å²) in [7, 11) is 0. The molecule has 0 unspecified atom stereocenters. The third-order valence-corrected chi connectivity index (χ3v) is 4.81. The van der Waals surface area contributed by atoms with Gasteiger partial charge in [-0.15, -0.1) is 0 Å². The lowest BCUT2D eigenvalue weighted by Crippen LogP contribution is -2.62. The third kappa shape index (κ3) is 4.77. The van der Waals surface area contributed by atoms with Gasteiger partial charge in [-0.3, -0.25) is 0 Å². The second-order valence-electron chi connectivity index (χ2n) is 6.81. The SMILES string of the molecule is CCCCOC[C@H]1O[C@H](O[C@]2(CO)O[C@H](CO)[C@@H](O)[C@@H]2O)[C@H](O)[C@@H](O)[C@@H]1O. The summed E-state index contributed by atoms with van der Waals surface area (Å²) < 4.78 is 21.5. The van der Waals surface area contributed by atoms with Crippen molar-refractivity contribution >= 4 is 0 Å². The van der Waals surface area contributed by atoms with Crippen molar-refractivity contribution in [2.75, 3.05) is 26.4 Å². The molecule has 0 saturated carbocycles. The average Bonchev–Trinajstić information content (AvgIpc) is 2.91. The van der Waals surface area contributed by atoms with E-state index in [1.807, 2.05) is 6.92 Å². The van der Waals surface area contributed by atoms with E-state index in [4.69, 9.17) is 18.9 Å². The van der Waals surface area contributed by atoms with E-state index in [9.17, 15) is 35.7 Å². The van der Waals surface area contributed by atoms with Gasteiger partial charge in [0.15, 0.2) is 6.29 Å². The van der Waals surface area contributed by atoms with Crippen LogP contribution in [0.25, 0.3) is 0 Å².